The summed E-state index contributed by atoms with van der Waals surface area (Å²) < 4.78 is 1.78. The molecule has 0 fully saturated rings. The van der Waals surface area contributed by atoms with Gasteiger partial charge in [0, 0.05) is 7.05 Å². The highest BCUT2D eigenvalue weighted by Crippen LogP contribution is 2.31. The normalized spacial score (nSPS) is 10.8. The first-order chi connectivity index (χ1) is 9.04. The Hall–Kier alpha value is -0.900. The van der Waals surface area contributed by atoms with E-state index in [9.17, 15) is 0 Å². The Bertz CT molecular complexity index is 573. The zero-order valence-corrected chi connectivity index (χ0v) is 12.9. The molecule has 0 aliphatic heterocycles. The van der Waals surface area contributed by atoms with Crippen LogP contribution in [0, 0.1) is 0 Å². The first-order valence-corrected chi connectivity index (χ1v) is 7.06. The molecule has 1 aromatic heterocycles. The number of anilines is 1. The van der Waals surface area contributed by atoms with Crippen molar-refractivity contribution in [1.82, 2.24) is 9.78 Å². The minimum atomic E-state index is 0.520. The molecular formula is C13H14Cl3N3. The first kappa shape index (κ1) is 14.5. The molecule has 0 saturated heterocycles. The summed E-state index contributed by atoms with van der Waals surface area (Å²) in [5.74, 6) is 0. The van der Waals surface area contributed by atoms with Crippen molar-refractivity contribution < 1.29 is 0 Å². The van der Waals surface area contributed by atoms with Crippen LogP contribution in [-0.4, -0.2) is 9.78 Å². The van der Waals surface area contributed by atoms with Gasteiger partial charge in [-0.15, -0.1) is 0 Å². The van der Waals surface area contributed by atoms with Crippen LogP contribution < -0.4 is 5.32 Å². The monoisotopic (exact) mass is 317 g/mol. The predicted octanol–water partition coefficient (Wildman–Crippen LogP) is 4.55. The highest BCUT2D eigenvalue weighted by atomic mass is 35.5. The third kappa shape index (κ3) is 2.99. The molecule has 0 aliphatic rings. The molecule has 1 heterocycles. The van der Waals surface area contributed by atoms with Crippen LogP contribution in [0.4, 0.5) is 5.69 Å². The highest BCUT2D eigenvalue weighted by Gasteiger charge is 2.13. The second-order valence-electron chi connectivity index (χ2n) is 4.13. The maximum absolute atomic E-state index is 6.29. The van der Waals surface area contributed by atoms with E-state index in [0.717, 1.165) is 17.8 Å². The quantitative estimate of drug-likeness (QED) is 0.896. The van der Waals surface area contributed by atoms with E-state index in [1.54, 1.807) is 16.8 Å². The molecule has 0 amide bonds. The van der Waals surface area contributed by atoms with Crippen molar-refractivity contribution in [3.05, 3.63) is 44.7 Å². The summed E-state index contributed by atoms with van der Waals surface area (Å²) >= 11 is 18.5. The first-order valence-electron chi connectivity index (χ1n) is 5.92. The Balaban J connectivity index is 2.22. The van der Waals surface area contributed by atoms with Crippen LogP contribution in [0.3, 0.4) is 0 Å². The summed E-state index contributed by atoms with van der Waals surface area (Å²) in [4.78, 5) is 0. The van der Waals surface area contributed by atoms with Crippen LogP contribution in [0.15, 0.2) is 18.2 Å². The number of aryl methyl sites for hydroxylation is 2. The van der Waals surface area contributed by atoms with Crippen molar-refractivity contribution in [3.8, 4) is 0 Å². The standard InChI is InChI=1S/C13H14Cl3N3/c1-3-10-12(16)11(19(2)18-10)7-17-13-8(14)5-4-6-9(13)15/h4-6,17H,3,7H2,1-2H3. The zero-order valence-electron chi connectivity index (χ0n) is 10.7. The van der Waals surface area contributed by atoms with E-state index in [4.69, 9.17) is 34.8 Å². The Kier molecular flexibility index (Phi) is 4.61. The number of hydrogen-bond donors (Lipinski definition) is 1. The van der Waals surface area contributed by atoms with Crippen molar-refractivity contribution in [2.75, 3.05) is 5.32 Å². The number of halogens is 3. The smallest absolute Gasteiger partial charge is 0.0868 e. The lowest BCUT2D eigenvalue weighted by molar-refractivity contribution is 0.707. The van der Waals surface area contributed by atoms with E-state index in [0.29, 0.717) is 27.3 Å². The molecule has 6 heteroatoms. The second-order valence-corrected chi connectivity index (χ2v) is 5.33. The van der Waals surface area contributed by atoms with Gasteiger partial charge in [-0.3, -0.25) is 4.68 Å². The average Bonchev–Trinajstić information content (AvgIpc) is 2.65. The number of nitrogens with one attached hydrogen (secondary N) is 1. The van der Waals surface area contributed by atoms with Gasteiger partial charge < -0.3 is 5.32 Å². The van der Waals surface area contributed by atoms with Gasteiger partial charge in [0.05, 0.1) is 38.7 Å². The van der Waals surface area contributed by atoms with E-state index in [2.05, 4.69) is 10.4 Å². The summed E-state index contributed by atoms with van der Waals surface area (Å²) in [6, 6.07) is 5.39. The topological polar surface area (TPSA) is 29.9 Å². The minimum absolute atomic E-state index is 0.520. The van der Waals surface area contributed by atoms with Crippen molar-refractivity contribution in [2.45, 2.75) is 19.9 Å². The van der Waals surface area contributed by atoms with Crippen molar-refractivity contribution in [3.63, 3.8) is 0 Å². The van der Waals surface area contributed by atoms with Gasteiger partial charge in [0.25, 0.3) is 0 Å². The molecule has 2 rings (SSSR count). The SMILES string of the molecule is CCc1nn(C)c(CNc2c(Cl)cccc2Cl)c1Cl. The molecule has 1 aromatic carbocycles. The van der Waals surface area contributed by atoms with E-state index in [1.165, 1.54) is 0 Å². The fourth-order valence-electron chi connectivity index (χ4n) is 1.85. The van der Waals surface area contributed by atoms with E-state index >= 15 is 0 Å². The van der Waals surface area contributed by atoms with Gasteiger partial charge in [-0.05, 0) is 18.6 Å². The third-order valence-corrected chi connectivity index (χ3v) is 3.96. The van der Waals surface area contributed by atoms with Gasteiger partial charge in [0.1, 0.15) is 0 Å². The molecule has 0 radical (unpaired) electrons. The number of aromatic nitrogens is 2. The molecule has 102 valence electrons. The van der Waals surface area contributed by atoms with Crippen LogP contribution in [0.1, 0.15) is 18.3 Å². The van der Waals surface area contributed by atoms with Gasteiger partial charge >= 0.3 is 0 Å². The van der Waals surface area contributed by atoms with Crippen molar-refractivity contribution in [1.29, 1.82) is 0 Å². The number of hydrogen-bond acceptors (Lipinski definition) is 2. The van der Waals surface area contributed by atoms with Gasteiger partial charge in [-0.1, -0.05) is 47.8 Å². The number of rotatable bonds is 4. The second kappa shape index (κ2) is 6.04. The predicted molar refractivity (Wildman–Crippen MR) is 81.4 cm³/mol. The highest BCUT2D eigenvalue weighted by molar-refractivity contribution is 6.39. The molecule has 0 atom stereocenters. The van der Waals surface area contributed by atoms with E-state index in [1.807, 2.05) is 20.0 Å². The molecule has 1 N–H and O–H groups in total. The number of nitrogens with zero attached hydrogens (tertiary/aromatic N) is 2. The largest absolute Gasteiger partial charge is 0.377 e. The molecule has 0 unspecified atom stereocenters. The Labute approximate surface area is 127 Å². The lowest BCUT2D eigenvalue weighted by Crippen LogP contribution is -2.06. The van der Waals surface area contributed by atoms with Crippen LogP contribution >= 0.6 is 34.8 Å². The van der Waals surface area contributed by atoms with Crippen molar-refractivity contribution >= 4 is 40.5 Å². The molecule has 3 nitrogen and oxygen atoms in total. The summed E-state index contributed by atoms with van der Waals surface area (Å²) in [5, 5.41) is 9.44. The minimum Gasteiger partial charge on any atom is -0.377 e. The molecular weight excluding hydrogens is 305 g/mol. The summed E-state index contributed by atoms with van der Waals surface area (Å²) in [6.45, 7) is 2.54. The zero-order chi connectivity index (χ0) is 14.0. The third-order valence-electron chi connectivity index (χ3n) is 2.90. The molecule has 0 saturated carbocycles. The van der Waals surface area contributed by atoms with Crippen LogP contribution in [-0.2, 0) is 20.0 Å². The molecule has 0 aliphatic carbocycles. The van der Waals surface area contributed by atoms with Crippen LogP contribution in [0.2, 0.25) is 15.1 Å². The van der Waals surface area contributed by atoms with Gasteiger partial charge in [0.15, 0.2) is 0 Å². The average molecular weight is 319 g/mol. The summed E-state index contributed by atoms with van der Waals surface area (Å²) in [6.07, 6.45) is 0.805. The Morgan fingerprint density at radius 3 is 2.37 bits per heavy atom. The fourth-order valence-corrected chi connectivity index (χ4v) is 2.74. The maximum atomic E-state index is 6.29. The molecule has 0 spiro atoms. The number of para-hydroxylation sites is 1. The van der Waals surface area contributed by atoms with Crippen LogP contribution in [0.5, 0.6) is 0 Å². The number of benzene rings is 1. The van der Waals surface area contributed by atoms with Gasteiger partial charge in [-0.25, -0.2) is 0 Å². The van der Waals surface area contributed by atoms with Gasteiger partial charge in [0.2, 0.25) is 0 Å². The van der Waals surface area contributed by atoms with Gasteiger partial charge in [-0.2, -0.15) is 5.10 Å². The fraction of sp³-hybridized carbons (Fsp3) is 0.308. The Morgan fingerprint density at radius 2 is 1.84 bits per heavy atom. The molecule has 0 bridgehead atoms. The lowest BCUT2D eigenvalue weighted by atomic mass is 10.2. The van der Waals surface area contributed by atoms with Crippen LogP contribution in [0.25, 0.3) is 0 Å². The van der Waals surface area contributed by atoms with E-state index in [-0.39, 0.29) is 0 Å². The van der Waals surface area contributed by atoms with Crippen molar-refractivity contribution in [2.24, 2.45) is 7.05 Å². The molecule has 19 heavy (non-hydrogen) atoms. The van der Waals surface area contributed by atoms with E-state index < -0.39 is 0 Å². The summed E-state index contributed by atoms with van der Waals surface area (Å²) in [5.41, 5.74) is 2.52. The maximum Gasteiger partial charge on any atom is 0.0868 e. The Morgan fingerprint density at radius 1 is 1.21 bits per heavy atom. The lowest BCUT2D eigenvalue weighted by Gasteiger charge is -2.10. The molecule has 2 aromatic rings. The summed E-state index contributed by atoms with van der Waals surface area (Å²) in [7, 11) is 1.87.